The lowest BCUT2D eigenvalue weighted by Gasteiger charge is -2.79. The second-order valence-electron chi connectivity index (χ2n) is 18.1. The SMILES string of the molecule is CC12CC3(C)CC(C=Cc4ccccc4)(C1)CC(C14CC5(C)CC(C)(CC(C=Cc6ccccc6)(C5)C1)C4)(C2)C3. The quantitative estimate of drug-likeness (QED) is 0.360. The Hall–Kier alpha value is -2.08. The van der Waals surface area contributed by atoms with Crippen molar-refractivity contribution in [1.29, 1.82) is 0 Å². The zero-order valence-corrected chi connectivity index (χ0v) is 25.6. The van der Waals surface area contributed by atoms with E-state index in [1.165, 1.54) is 88.2 Å². The highest BCUT2D eigenvalue weighted by Crippen LogP contribution is 2.85. The monoisotopic (exact) mass is 530 g/mol. The molecule has 0 amide bonds. The average Bonchev–Trinajstić information content (AvgIpc) is 2.83. The number of allylic oxidation sites excluding steroid dienone is 2. The van der Waals surface area contributed by atoms with Gasteiger partial charge in [-0.15, -0.1) is 0 Å². The van der Waals surface area contributed by atoms with Gasteiger partial charge in [0.15, 0.2) is 0 Å². The van der Waals surface area contributed by atoms with Crippen molar-refractivity contribution in [3.63, 3.8) is 0 Å². The number of rotatable bonds is 5. The molecule has 0 saturated heterocycles. The molecular formula is C40H50. The van der Waals surface area contributed by atoms with Crippen LogP contribution in [0.2, 0.25) is 0 Å². The number of hydrogen-bond donors (Lipinski definition) is 0. The summed E-state index contributed by atoms with van der Waals surface area (Å²) in [5, 5.41) is 0. The van der Waals surface area contributed by atoms with E-state index in [0.717, 1.165) is 0 Å². The van der Waals surface area contributed by atoms with Crippen molar-refractivity contribution in [2.24, 2.45) is 43.3 Å². The Morgan fingerprint density at radius 3 is 1.05 bits per heavy atom. The molecule has 8 fully saturated rings. The minimum absolute atomic E-state index is 0.367. The summed E-state index contributed by atoms with van der Waals surface area (Å²) in [7, 11) is 0. The highest BCUT2D eigenvalue weighted by Gasteiger charge is 2.75. The van der Waals surface area contributed by atoms with Crippen molar-refractivity contribution >= 4 is 12.2 Å². The lowest BCUT2D eigenvalue weighted by Crippen LogP contribution is -2.70. The second kappa shape index (κ2) is 7.85. The fourth-order valence-corrected chi connectivity index (χ4v) is 14.7. The second-order valence-corrected chi connectivity index (χ2v) is 18.1. The molecule has 8 aliphatic rings. The van der Waals surface area contributed by atoms with Crippen molar-refractivity contribution in [3.05, 3.63) is 83.9 Å². The first kappa shape index (κ1) is 25.6. The summed E-state index contributed by atoms with van der Waals surface area (Å²) >= 11 is 0. The van der Waals surface area contributed by atoms with Crippen molar-refractivity contribution in [2.75, 3.05) is 0 Å². The fraction of sp³-hybridized carbons (Fsp3) is 0.600. The van der Waals surface area contributed by atoms with Gasteiger partial charge < -0.3 is 0 Å². The number of benzene rings is 2. The minimum atomic E-state index is 0.367. The molecular weight excluding hydrogens is 480 g/mol. The van der Waals surface area contributed by atoms with Crippen molar-refractivity contribution in [1.82, 2.24) is 0 Å². The van der Waals surface area contributed by atoms with Crippen LogP contribution in [0.15, 0.2) is 72.8 Å². The van der Waals surface area contributed by atoms with E-state index in [2.05, 4.69) is 113 Å². The molecule has 10 rings (SSSR count). The molecule has 8 bridgehead atoms. The summed E-state index contributed by atoms with van der Waals surface area (Å²) < 4.78 is 0. The van der Waals surface area contributed by atoms with Gasteiger partial charge in [-0.05, 0) is 131 Å². The molecule has 210 valence electrons. The van der Waals surface area contributed by atoms with Crippen LogP contribution in [0.1, 0.15) is 116 Å². The topological polar surface area (TPSA) is 0 Å². The van der Waals surface area contributed by atoms with E-state index in [0.29, 0.717) is 43.3 Å². The number of hydrogen-bond acceptors (Lipinski definition) is 0. The third-order valence-corrected chi connectivity index (χ3v) is 13.2. The Morgan fingerprint density at radius 2 is 0.725 bits per heavy atom. The average molecular weight is 531 g/mol. The van der Waals surface area contributed by atoms with Crippen molar-refractivity contribution in [2.45, 2.75) is 105 Å². The predicted octanol–water partition coefficient (Wildman–Crippen LogP) is 11.1. The molecule has 0 spiro atoms. The normalized spacial score (nSPS) is 50.4. The predicted molar refractivity (Wildman–Crippen MR) is 169 cm³/mol. The third kappa shape index (κ3) is 3.83. The lowest BCUT2D eigenvalue weighted by molar-refractivity contribution is -0.285. The van der Waals surface area contributed by atoms with E-state index in [4.69, 9.17) is 0 Å². The lowest BCUT2D eigenvalue weighted by atomic mass is 9.25. The highest BCUT2D eigenvalue weighted by atomic mass is 14.8. The van der Waals surface area contributed by atoms with Crippen LogP contribution >= 0.6 is 0 Å². The zero-order valence-electron chi connectivity index (χ0n) is 25.6. The van der Waals surface area contributed by atoms with Gasteiger partial charge in [-0.2, -0.15) is 0 Å². The Labute approximate surface area is 243 Å². The van der Waals surface area contributed by atoms with Gasteiger partial charge in [-0.3, -0.25) is 0 Å². The standard InChI is InChI=1S/C40H50/c1-33-19-34(2)22-37(21-33,17-15-31-11-7-5-8-12-31)29-39(25-33,26-34)40-27-35(3)20-36(4,28-40)24-38(23-35,30-40)18-16-32-13-9-6-10-14-32/h5-18H,19-30H2,1-4H3. The summed E-state index contributed by atoms with van der Waals surface area (Å²) in [4.78, 5) is 0. The largest absolute Gasteiger partial charge is 0.0777 e. The zero-order chi connectivity index (χ0) is 27.5. The smallest absolute Gasteiger partial charge is 0.00990 e. The van der Waals surface area contributed by atoms with Gasteiger partial charge in [0.2, 0.25) is 0 Å². The maximum Gasteiger partial charge on any atom is -0.00990 e. The first-order valence-electron chi connectivity index (χ1n) is 16.4. The summed E-state index contributed by atoms with van der Waals surface area (Å²) in [5.74, 6) is 0. The first-order valence-corrected chi connectivity index (χ1v) is 16.4. The Bertz CT molecular complexity index is 1230. The summed E-state index contributed by atoms with van der Waals surface area (Å²) in [6.07, 6.45) is 27.8. The maximum absolute atomic E-state index is 2.74. The molecule has 2 aromatic carbocycles. The molecule has 0 aliphatic heterocycles. The van der Waals surface area contributed by atoms with E-state index in [9.17, 15) is 0 Å². The van der Waals surface area contributed by atoms with Crippen LogP contribution in [0, 0.1) is 43.3 Å². The van der Waals surface area contributed by atoms with Crippen LogP contribution in [0.25, 0.3) is 12.2 Å². The fourth-order valence-electron chi connectivity index (χ4n) is 14.7. The van der Waals surface area contributed by atoms with Gasteiger partial charge in [-0.25, -0.2) is 0 Å². The summed E-state index contributed by atoms with van der Waals surface area (Å²) in [6, 6.07) is 22.3. The molecule has 0 aromatic heterocycles. The van der Waals surface area contributed by atoms with Crippen LogP contribution in [-0.2, 0) is 0 Å². The van der Waals surface area contributed by atoms with Crippen molar-refractivity contribution in [3.8, 4) is 0 Å². The van der Waals surface area contributed by atoms with Crippen LogP contribution in [0.4, 0.5) is 0 Å². The van der Waals surface area contributed by atoms with Gasteiger partial charge in [0.1, 0.15) is 0 Å². The molecule has 4 unspecified atom stereocenters. The molecule has 0 nitrogen and oxygen atoms in total. The van der Waals surface area contributed by atoms with Crippen LogP contribution in [-0.4, -0.2) is 0 Å². The summed E-state index contributed by atoms with van der Waals surface area (Å²) in [5.41, 5.74) is 6.42. The Kier molecular flexibility index (Phi) is 5.02. The molecule has 2 aromatic rings. The summed E-state index contributed by atoms with van der Waals surface area (Å²) in [6.45, 7) is 10.8. The van der Waals surface area contributed by atoms with Gasteiger partial charge in [0.25, 0.3) is 0 Å². The molecule has 0 N–H and O–H groups in total. The van der Waals surface area contributed by atoms with Crippen LogP contribution in [0.3, 0.4) is 0 Å². The molecule has 8 aliphatic carbocycles. The molecule has 8 saturated carbocycles. The maximum atomic E-state index is 2.74. The Balaban J connectivity index is 1.23. The van der Waals surface area contributed by atoms with E-state index in [1.54, 1.807) is 0 Å². The van der Waals surface area contributed by atoms with E-state index in [1.807, 2.05) is 0 Å². The third-order valence-electron chi connectivity index (χ3n) is 13.2. The minimum Gasteiger partial charge on any atom is -0.0777 e. The molecule has 0 heterocycles. The first-order chi connectivity index (χ1) is 18.9. The van der Waals surface area contributed by atoms with E-state index >= 15 is 0 Å². The van der Waals surface area contributed by atoms with E-state index < -0.39 is 0 Å². The molecule has 0 heteroatoms. The molecule has 0 radical (unpaired) electrons. The molecule has 40 heavy (non-hydrogen) atoms. The van der Waals surface area contributed by atoms with Crippen LogP contribution in [0.5, 0.6) is 0 Å². The van der Waals surface area contributed by atoms with Gasteiger partial charge in [-0.1, -0.05) is 113 Å². The van der Waals surface area contributed by atoms with Gasteiger partial charge in [0.05, 0.1) is 0 Å². The van der Waals surface area contributed by atoms with Gasteiger partial charge in [0, 0.05) is 0 Å². The van der Waals surface area contributed by atoms with Crippen LogP contribution < -0.4 is 0 Å². The highest BCUT2D eigenvalue weighted by molar-refractivity contribution is 5.52. The Morgan fingerprint density at radius 1 is 0.400 bits per heavy atom. The molecule has 4 atom stereocenters. The van der Waals surface area contributed by atoms with Gasteiger partial charge >= 0.3 is 0 Å². The van der Waals surface area contributed by atoms with E-state index in [-0.39, 0.29) is 0 Å². The van der Waals surface area contributed by atoms with Crippen molar-refractivity contribution < 1.29 is 0 Å².